The number of rotatable bonds is 6. The van der Waals surface area contributed by atoms with Crippen LogP contribution in [-0.4, -0.2) is 17.2 Å². The fourth-order valence-corrected chi connectivity index (χ4v) is 1.18. The molecule has 0 aromatic carbocycles. The Kier molecular flexibility index (Phi) is 5.71. The Labute approximate surface area is 79.8 Å². The molecular formula is C10H19O3-. The molecule has 0 bridgehead atoms. The lowest BCUT2D eigenvalue weighted by molar-refractivity contribution is -0.306. The molecule has 0 spiro atoms. The molecule has 0 fully saturated rings. The van der Waals surface area contributed by atoms with E-state index >= 15 is 0 Å². The van der Waals surface area contributed by atoms with Crippen molar-refractivity contribution < 1.29 is 15.0 Å². The quantitative estimate of drug-likeness (QED) is 0.661. The smallest absolute Gasteiger partial charge is 0.0563 e. The Bertz CT molecular complexity index is 154. The lowest BCUT2D eigenvalue weighted by Crippen LogP contribution is -2.25. The van der Waals surface area contributed by atoms with Gasteiger partial charge in [0.15, 0.2) is 0 Å². The van der Waals surface area contributed by atoms with Gasteiger partial charge in [-0.2, -0.15) is 0 Å². The summed E-state index contributed by atoms with van der Waals surface area (Å²) in [6.07, 6.45) is 1.19. The number of aliphatic hydroxyl groups excluding tert-OH is 1. The van der Waals surface area contributed by atoms with E-state index in [9.17, 15) is 15.0 Å². The predicted octanol–water partition coefficient (Wildman–Crippen LogP) is 0.560. The zero-order chi connectivity index (χ0) is 10.4. The number of aliphatic hydroxyl groups is 1. The van der Waals surface area contributed by atoms with E-state index in [0.29, 0.717) is 6.42 Å². The van der Waals surface area contributed by atoms with Gasteiger partial charge in [-0.1, -0.05) is 20.8 Å². The van der Waals surface area contributed by atoms with Gasteiger partial charge >= 0.3 is 0 Å². The van der Waals surface area contributed by atoms with Crippen LogP contribution >= 0.6 is 0 Å². The summed E-state index contributed by atoms with van der Waals surface area (Å²) >= 11 is 0. The number of aliphatic carboxylic acids is 1. The minimum Gasteiger partial charge on any atom is -0.550 e. The third-order valence-electron chi connectivity index (χ3n) is 2.24. The monoisotopic (exact) mass is 187 g/mol. The summed E-state index contributed by atoms with van der Waals surface area (Å²) in [6.45, 7) is 5.77. The van der Waals surface area contributed by atoms with Crippen molar-refractivity contribution in [1.29, 1.82) is 0 Å². The number of hydrogen-bond acceptors (Lipinski definition) is 3. The normalized spacial score (nSPS) is 15.8. The van der Waals surface area contributed by atoms with Gasteiger partial charge in [0.05, 0.1) is 6.10 Å². The Morgan fingerprint density at radius 2 is 1.85 bits per heavy atom. The van der Waals surface area contributed by atoms with Gasteiger partial charge in [-0.05, 0) is 31.1 Å². The number of carbonyl (C=O) groups is 1. The summed E-state index contributed by atoms with van der Waals surface area (Å²) in [5.74, 6) is -0.667. The van der Waals surface area contributed by atoms with Gasteiger partial charge in [0, 0.05) is 5.97 Å². The largest absolute Gasteiger partial charge is 0.550 e. The van der Waals surface area contributed by atoms with Crippen molar-refractivity contribution in [3.63, 3.8) is 0 Å². The van der Waals surface area contributed by atoms with Crippen LogP contribution < -0.4 is 5.11 Å². The van der Waals surface area contributed by atoms with Crippen LogP contribution in [0.1, 0.15) is 40.0 Å². The van der Waals surface area contributed by atoms with Crippen molar-refractivity contribution >= 4 is 5.97 Å². The summed E-state index contributed by atoms with van der Waals surface area (Å²) in [5.41, 5.74) is 0. The SMILES string of the molecule is CC(CCC(O)C(C)C)CC(=O)[O-]. The molecule has 0 aromatic rings. The number of hydrogen-bond donors (Lipinski definition) is 1. The molecule has 0 saturated heterocycles. The van der Waals surface area contributed by atoms with E-state index in [1.165, 1.54) is 0 Å². The highest BCUT2D eigenvalue weighted by molar-refractivity contribution is 5.64. The van der Waals surface area contributed by atoms with Crippen LogP contribution in [0.25, 0.3) is 0 Å². The molecule has 78 valence electrons. The summed E-state index contributed by atoms with van der Waals surface area (Å²) in [4.78, 5) is 10.2. The molecule has 13 heavy (non-hydrogen) atoms. The minimum absolute atomic E-state index is 0.0881. The summed E-state index contributed by atoms with van der Waals surface area (Å²) in [5, 5.41) is 19.7. The van der Waals surface area contributed by atoms with Crippen LogP contribution in [0.5, 0.6) is 0 Å². The van der Waals surface area contributed by atoms with Crippen molar-refractivity contribution in [3.05, 3.63) is 0 Å². The summed E-state index contributed by atoms with van der Waals surface area (Å²) in [6, 6.07) is 0. The van der Waals surface area contributed by atoms with Gasteiger partial charge in [0.2, 0.25) is 0 Å². The second kappa shape index (κ2) is 5.97. The predicted molar refractivity (Wildman–Crippen MR) is 48.9 cm³/mol. The molecule has 1 N–H and O–H groups in total. The maximum absolute atomic E-state index is 10.2. The maximum Gasteiger partial charge on any atom is 0.0563 e. The van der Waals surface area contributed by atoms with Gasteiger partial charge in [-0.15, -0.1) is 0 Å². The lowest BCUT2D eigenvalue weighted by Gasteiger charge is -2.17. The zero-order valence-corrected chi connectivity index (χ0v) is 8.62. The van der Waals surface area contributed by atoms with E-state index in [2.05, 4.69) is 0 Å². The molecule has 0 aliphatic heterocycles. The molecule has 0 aliphatic rings. The van der Waals surface area contributed by atoms with Crippen LogP contribution in [0.3, 0.4) is 0 Å². The van der Waals surface area contributed by atoms with Crippen molar-refractivity contribution in [2.75, 3.05) is 0 Å². The second-order valence-corrected chi connectivity index (χ2v) is 4.07. The average molecular weight is 187 g/mol. The van der Waals surface area contributed by atoms with E-state index in [0.717, 1.165) is 6.42 Å². The first-order valence-electron chi connectivity index (χ1n) is 4.81. The van der Waals surface area contributed by atoms with Gasteiger partial charge in [0.25, 0.3) is 0 Å². The van der Waals surface area contributed by atoms with E-state index in [4.69, 9.17) is 0 Å². The molecule has 0 heterocycles. The molecule has 2 atom stereocenters. The highest BCUT2D eigenvalue weighted by Gasteiger charge is 2.11. The topological polar surface area (TPSA) is 60.4 Å². The van der Waals surface area contributed by atoms with E-state index in [-0.39, 0.29) is 24.4 Å². The Morgan fingerprint density at radius 1 is 1.31 bits per heavy atom. The maximum atomic E-state index is 10.2. The van der Waals surface area contributed by atoms with E-state index in [1.54, 1.807) is 0 Å². The first kappa shape index (κ1) is 12.4. The number of carboxylic acid groups (broad SMARTS) is 1. The molecule has 0 amide bonds. The van der Waals surface area contributed by atoms with Gasteiger partial charge < -0.3 is 15.0 Å². The van der Waals surface area contributed by atoms with Crippen LogP contribution in [0.4, 0.5) is 0 Å². The molecule has 0 radical (unpaired) electrons. The fourth-order valence-electron chi connectivity index (χ4n) is 1.18. The Hall–Kier alpha value is -0.570. The molecule has 0 aromatic heterocycles. The minimum atomic E-state index is -1.01. The third-order valence-corrected chi connectivity index (χ3v) is 2.24. The molecule has 3 nitrogen and oxygen atoms in total. The van der Waals surface area contributed by atoms with E-state index < -0.39 is 5.97 Å². The van der Waals surface area contributed by atoms with Crippen LogP contribution in [0, 0.1) is 11.8 Å². The second-order valence-electron chi connectivity index (χ2n) is 4.07. The highest BCUT2D eigenvalue weighted by Crippen LogP contribution is 2.15. The third kappa shape index (κ3) is 6.58. The van der Waals surface area contributed by atoms with Crippen molar-refractivity contribution in [2.45, 2.75) is 46.1 Å². The summed E-state index contributed by atoms with van der Waals surface area (Å²) < 4.78 is 0. The Balaban J connectivity index is 3.57. The van der Waals surface area contributed by atoms with Crippen LogP contribution in [0.2, 0.25) is 0 Å². The number of carboxylic acids is 1. The molecule has 3 heteroatoms. The summed E-state index contributed by atoms with van der Waals surface area (Å²) in [7, 11) is 0. The van der Waals surface area contributed by atoms with E-state index in [1.807, 2.05) is 20.8 Å². The molecule has 2 unspecified atom stereocenters. The zero-order valence-electron chi connectivity index (χ0n) is 8.62. The van der Waals surface area contributed by atoms with Crippen molar-refractivity contribution in [1.82, 2.24) is 0 Å². The fraction of sp³-hybridized carbons (Fsp3) is 0.900. The molecule has 0 aliphatic carbocycles. The lowest BCUT2D eigenvalue weighted by atomic mass is 9.95. The first-order chi connectivity index (χ1) is 5.93. The van der Waals surface area contributed by atoms with Crippen LogP contribution in [0.15, 0.2) is 0 Å². The molecule has 0 saturated carbocycles. The highest BCUT2D eigenvalue weighted by atomic mass is 16.4. The van der Waals surface area contributed by atoms with Crippen LogP contribution in [-0.2, 0) is 4.79 Å². The average Bonchev–Trinajstić information content (AvgIpc) is 1.98. The molecule has 0 rings (SSSR count). The van der Waals surface area contributed by atoms with Crippen molar-refractivity contribution in [2.24, 2.45) is 11.8 Å². The standard InChI is InChI=1S/C10H20O3/c1-7(2)9(11)5-4-8(3)6-10(12)13/h7-9,11H,4-6H2,1-3H3,(H,12,13)/p-1. The van der Waals surface area contributed by atoms with Gasteiger partial charge in [-0.3, -0.25) is 0 Å². The van der Waals surface area contributed by atoms with Gasteiger partial charge in [0.1, 0.15) is 0 Å². The molecular weight excluding hydrogens is 168 g/mol. The van der Waals surface area contributed by atoms with Crippen molar-refractivity contribution in [3.8, 4) is 0 Å². The first-order valence-corrected chi connectivity index (χ1v) is 4.81. The van der Waals surface area contributed by atoms with Gasteiger partial charge in [-0.25, -0.2) is 0 Å². The Morgan fingerprint density at radius 3 is 2.23 bits per heavy atom. The number of carbonyl (C=O) groups excluding carboxylic acids is 1.